The molecule has 0 radical (unpaired) electrons. The van der Waals surface area contributed by atoms with Crippen molar-refractivity contribution in [1.82, 2.24) is 30.4 Å². The Morgan fingerprint density at radius 3 is 1.36 bits per heavy atom. The standard InChI is InChI=1S/C6H10N8.2HNO3/c7-5-9-3(11-13-5)1-2-4-10-6(8)14-12-4;2*2-1(3)4/h1-2H2,(H3,7,9,11,13)(H3,8,10,12,14);2*(H,2,3,4). The quantitative estimate of drug-likeness (QED) is 0.269. The van der Waals surface area contributed by atoms with E-state index >= 15 is 0 Å². The lowest BCUT2D eigenvalue weighted by Gasteiger charge is -1.91. The molecule has 122 valence electrons. The average molecular weight is 320 g/mol. The van der Waals surface area contributed by atoms with Crippen molar-refractivity contribution in [2.75, 3.05) is 11.5 Å². The predicted octanol–water partition coefficient (Wildman–Crippen LogP) is -1.82. The van der Waals surface area contributed by atoms with Crippen LogP contribution in [0.15, 0.2) is 0 Å². The van der Waals surface area contributed by atoms with E-state index in [2.05, 4.69) is 30.4 Å². The van der Waals surface area contributed by atoms with Gasteiger partial charge in [0.05, 0.1) is 0 Å². The first-order valence-electron chi connectivity index (χ1n) is 5.20. The highest BCUT2D eigenvalue weighted by Crippen LogP contribution is 2.00. The molecule has 0 fully saturated rings. The minimum absolute atomic E-state index is 0.247. The first kappa shape index (κ1) is 18.3. The fraction of sp³-hybridized carbons (Fsp3) is 0.333. The normalized spacial score (nSPS) is 8.91. The zero-order valence-electron chi connectivity index (χ0n) is 10.8. The minimum Gasteiger partial charge on any atom is -0.367 e. The van der Waals surface area contributed by atoms with Gasteiger partial charge in [-0.15, -0.1) is 30.4 Å². The lowest BCUT2D eigenvalue weighted by atomic mass is 10.3. The fourth-order valence-corrected chi connectivity index (χ4v) is 1.08. The number of anilines is 2. The molecule has 0 aliphatic rings. The molecular formula is C6H12N10O6. The largest absolute Gasteiger partial charge is 0.367 e. The molecule has 16 nitrogen and oxygen atoms in total. The molecule has 0 aliphatic heterocycles. The molecule has 2 aromatic heterocycles. The SMILES string of the molecule is Nc1n[nH]c(CCc2nc(N)n[nH]2)n1.O=[N+]([O-])O.O=[N+]([O-])O. The number of aromatic amines is 2. The summed E-state index contributed by atoms with van der Waals surface area (Å²) in [6, 6.07) is 0. The third-order valence-electron chi connectivity index (χ3n) is 1.70. The van der Waals surface area contributed by atoms with Gasteiger partial charge in [-0.2, -0.15) is 9.97 Å². The molecule has 8 N–H and O–H groups in total. The number of hydrogen-bond donors (Lipinski definition) is 6. The van der Waals surface area contributed by atoms with Crippen molar-refractivity contribution in [3.05, 3.63) is 31.9 Å². The van der Waals surface area contributed by atoms with Crippen molar-refractivity contribution < 1.29 is 20.6 Å². The number of nitrogens with zero attached hydrogens (tertiary/aromatic N) is 6. The Labute approximate surface area is 120 Å². The number of rotatable bonds is 3. The van der Waals surface area contributed by atoms with Gasteiger partial charge in [0.15, 0.2) is 0 Å². The molecular weight excluding hydrogens is 308 g/mol. The Balaban J connectivity index is 0.000000464. The van der Waals surface area contributed by atoms with Crippen LogP contribution in [0.2, 0.25) is 0 Å². The number of nitrogens with one attached hydrogen (secondary N) is 2. The van der Waals surface area contributed by atoms with Gasteiger partial charge in [-0.25, -0.2) is 0 Å². The van der Waals surface area contributed by atoms with E-state index in [4.69, 9.17) is 42.1 Å². The molecule has 0 saturated heterocycles. The molecule has 0 spiro atoms. The van der Waals surface area contributed by atoms with Gasteiger partial charge < -0.3 is 21.9 Å². The van der Waals surface area contributed by atoms with Gasteiger partial charge >= 0.3 is 0 Å². The van der Waals surface area contributed by atoms with E-state index in [-0.39, 0.29) is 11.9 Å². The van der Waals surface area contributed by atoms with Crippen molar-refractivity contribution in [3.63, 3.8) is 0 Å². The molecule has 0 bridgehead atoms. The first-order chi connectivity index (χ1) is 10.2. The summed E-state index contributed by atoms with van der Waals surface area (Å²) >= 11 is 0. The first-order valence-corrected chi connectivity index (χ1v) is 5.20. The number of nitrogen functional groups attached to an aromatic ring is 2. The molecule has 0 aliphatic carbocycles. The van der Waals surface area contributed by atoms with Gasteiger partial charge in [-0.3, -0.25) is 10.2 Å². The third-order valence-corrected chi connectivity index (χ3v) is 1.70. The maximum absolute atomic E-state index is 8.36. The summed E-state index contributed by atoms with van der Waals surface area (Å²) in [7, 11) is 0. The third kappa shape index (κ3) is 10.2. The zero-order chi connectivity index (χ0) is 17.1. The Bertz CT molecular complexity index is 534. The molecule has 0 amide bonds. The van der Waals surface area contributed by atoms with Gasteiger partial charge in [0.1, 0.15) is 11.6 Å². The number of hydrogen-bond acceptors (Lipinski definition) is 10. The van der Waals surface area contributed by atoms with Gasteiger partial charge in [0.2, 0.25) is 11.9 Å². The molecule has 0 atom stereocenters. The van der Waals surface area contributed by atoms with Crippen molar-refractivity contribution in [2.24, 2.45) is 0 Å². The summed E-state index contributed by atoms with van der Waals surface area (Å²) < 4.78 is 0. The van der Waals surface area contributed by atoms with Crippen LogP contribution in [-0.4, -0.2) is 51.0 Å². The van der Waals surface area contributed by atoms with Crippen LogP contribution in [0.25, 0.3) is 0 Å². The Hall–Kier alpha value is -3.72. The molecule has 0 saturated carbocycles. The topological polar surface area (TPSA) is 262 Å². The average Bonchev–Trinajstić information content (AvgIpc) is 2.94. The van der Waals surface area contributed by atoms with E-state index < -0.39 is 10.2 Å². The maximum Gasteiger partial charge on any atom is 0.291 e. The van der Waals surface area contributed by atoms with Crippen molar-refractivity contribution in [3.8, 4) is 0 Å². The Morgan fingerprint density at radius 1 is 0.909 bits per heavy atom. The second kappa shape index (κ2) is 9.23. The van der Waals surface area contributed by atoms with E-state index in [0.717, 1.165) is 11.6 Å². The summed E-state index contributed by atoms with van der Waals surface area (Å²) in [5, 5.41) is 40.1. The van der Waals surface area contributed by atoms with Crippen LogP contribution in [0.3, 0.4) is 0 Å². The highest BCUT2D eigenvalue weighted by molar-refractivity contribution is 5.14. The second-order valence-corrected chi connectivity index (χ2v) is 3.26. The predicted molar refractivity (Wildman–Crippen MR) is 66.6 cm³/mol. The van der Waals surface area contributed by atoms with Gasteiger partial charge in [0.25, 0.3) is 10.2 Å². The summed E-state index contributed by atoms with van der Waals surface area (Å²) in [6.07, 6.45) is 1.33. The fourth-order valence-electron chi connectivity index (χ4n) is 1.08. The van der Waals surface area contributed by atoms with Crippen molar-refractivity contribution in [1.29, 1.82) is 0 Å². The number of nitrogens with two attached hydrogens (primary N) is 2. The monoisotopic (exact) mass is 320 g/mol. The number of H-pyrrole nitrogens is 2. The van der Waals surface area contributed by atoms with E-state index in [1.54, 1.807) is 0 Å². The molecule has 22 heavy (non-hydrogen) atoms. The summed E-state index contributed by atoms with van der Waals surface area (Å²) in [5.74, 6) is 1.93. The Morgan fingerprint density at radius 2 is 1.18 bits per heavy atom. The van der Waals surface area contributed by atoms with E-state index in [9.17, 15) is 0 Å². The molecule has 16 heteroatoms. The van der Waals surface area contributed by atoms with Crippen LogP contribution in [-0.2, 0) is 12.8 Å². The van der Waals surface area contributed by atoms with Crippen molar-refractivity contribution >= 4 is 11.9 Å². The maximum atomic E-state index is 8.36. The molecule has 2 heterocycles. The molecule has 0 aromatic carbocycles. The zero-order valence-corrected chi connectivity index (χ0v) is 10.8. The van der Waals surface area contributed by atoms with E-state index in [0.29, 0.717) is 12.8 Å². The van der Waals surface area contributed by atoms with Crippen molar-refractivity contribution in [2.45, 2.75) is 12.8 Å². The van der Waals surface area contributed by atoms with Crippen LogP contribution < -0.4 is 11.5 Å². The highest BCUT2D eigenvalue weighted by Gasteiger charge is 2.03. The van der Waals surface area contributed by atoms with Gasteiger partial charge in [0, 0.05) is 12.8 Å². The summed E-state index contributed by atoms with van der Waals surface area (Å²) in [4.78, 5) is 24.6. The van der Waals surface area contributed by atoms with Crippen LogP contribution in [0, 0.1) is 20.2 Å². The van der Waals surface area contributed by atoms with E-state index in [1.165, 1.54) is 0 Å². The molecule has 2 aromatic rings. The summed E-state index contributed by atoms with van der Waals surface area (Å²) in [5.41, 5.74) is 10.7. The van der Waals surface area contributed by atoms with Gasteiger partial charge in [-0.1, -0.05) is 0 Å². The van der Waals surface area contributed by atoms with Crippen LogP contribution in [0.4, 0.5) is 11.9 Å². The molecule has 0 unspecified atom stereocenters. The van der Waals surface area contributed by atoms with E-state index in [1.807, 2.05) is 0 Å². The van der Waals surface area contributed by atoms with Crippen LogP contribution in [0.5, 0.6) is 0 Å². The smallest absolute Gasteiger partial charge is 0.291 e. The van der Waals surface area contributed by atoms with Crippen LogP contribution >= 0.6 is 0 Å². The molecule has 2 rings (SSSR count). The minimum atomic E-state index is -1.50. The number of aryl methyl sites for hydroxylation is 2. The van der Waals surface area contributed by atoms with Gasteiger partial charge in [-0.05, 0) is 0 Å². The Kier molecular flexibility index (Phi) is 7.67. The lowest BCUT2D eigenvalue weighted by Crippen LogP contribution is -1.96. The van der Waals surface area contributed by atoms with Crippen LogP contribution in [0.1, 0.15) is 11.6 Å². The lowest BCUT2D eigenvalue weighted by molar-refractivity contribution is -0.742. The summed E-state index contributed by atoms with van der Waals surface area (Å²) in [6.45, 7) is 0. The second-order valence-electron chi connectivity index (χ2n) is 3.26. The highest BCUT2D eigenvalue weighted by atomic mass is 16.9. The number of aromatic nitrogens is 6.